The lowest BCUT2D eigenvalue weighted by atomic mass is 9.95. The Kier molecular flexibility index (Phi) is 4.89. The lowest BCUT2D eigenvalue weighted by molar-refractivity contribution is -0.122. The zero-order chi connectivity index (χ0) is 19.7. The lowest BCUT2D eigenvalue weighted by Crippen LogP contribution is -2.42. The van der Waals surface area contributed by atoms with E-state index in [-0.39, 0.29) is 23.3 Å². The number of carbonyl (C=O) groups is 1. The number of fused-ring (bicyclic) bond motifs is 1. The van der Waals surface area contributed by atoms with Gasteiger partial charge in [0.1, 0.15) is 0 Å². The van der Waals surface area contributed by atoms with Gasteiger partial charge in [-0.2, -0.15) is 5.10 Å². The minimum absolute atomic E-state index is 0.0349. The summed E-state index contributed by atoms with van der Waals surface area (Å²) in [5, 5.41) is 11.2. The van der Waals surface area contributed by atoms with Gasteiger partial charge in [0.15, 0.2) is 0 Å². The molecule has 3 aromatic rings. The van der Waals surface area contributed by atoms with Gasteiger partial charge in [-0.1, -0.05) is 37.3 Å². The van der Waals surface area contributed by atoms with Crippen LogP contribution < -0.4 is 5.32 Å². The first-order valence-electron chi connectivity index (χ1n) is 9.75. The number of likely N-dealkylation sites (N-methyl/N-ethyl adjacent to an activating group) is 1. The zero-order valence-electron chi connectivity index (χ0n) is 16.6. The fourth-order valence-electron chi connectivity index (χ4n) is 3.91. The second-order valence-electron chi connectivity index (χ2n) is 8.24. The Morgan fingerprint density at radius 3 is 2.86 bits per heavy atom. The highest BCUT2D eigenvalue weighted by molar-refractivity contribution is 5.84. The van der Waals surface area contributed by atoms with Crippen LogP contribution in [0.2, 0.25) is 0 Å². The number of hydrogen-bond donors (Lipinski definition) is 2. The van der Waals surface area contributed by atoms with Crippen molar-refractivity contribution in [1.29, 1.82) is 0 Å². The third-order valence-corrected chi connectivity index (χ3v) is 6.06. The number of nitrogens with one attached hydrogen (secondary N) is 2. The Hall–Kier alpha value is -2.73. The van der Waals surface area contributed by atoms with Crippen LogP contribution in [0.4, 0.5) is 0 Å². The molecule has 146 valence electrons. The van der Waals surface area contributed by atoms with Crippen LogP contribution in [-0.2, 0) is 16.6 Å². The van der Waals surface area contributed by atoms with E-state index in [1.807, 2.05) is 44.7 Å². The number of H-pyrrole nitrogens is 1. The van der Waals surface area contributed by atoms with Gasteiger partial charge < -0.3 is 10.2 Å². The molecule has 4 rings (SSSR count). The summed E-state index contributed by atoms with van der Waals surface area (Å²) in [6.45, 7) is 2.79. The molecule has 1 aliphatic rings. The van der Waals surface area contributed by atoms with Crippen LogP contribution in [0, 0.1) is 5.92 Å². The van der Waals surface area contributed by atoms with E-state index in [1.165, 1.54) is 5.56 Å². The van der Waals surface area contributed by atoms with Gasteiger partial charge in [0, 0.05) is 41.4 Å². The minimum Gasteiger partial charge on any atom is -0.354 e. The van der Waals surface area contributed by atoms with Crippen LogP contribution >= 0.6 is 0 Å². The van der Waals surface area contributed by atoms with Gasteiger partial charge in [-0.15, -0.1) is 0 Å². The van der Waals surface area contributed by atoms with Gasteiger partial charge in [-0.05, 0) is 32.1 Å². The van der Waals surface area contributed by atoms with Crippen LogP contribution in [0.5, 0.6) is 0 Å². The molecule has 0 radical (unpaired) electrons. The SMILES string of the molecule is CN(C)[C@H](CNC(=O)[C@@H]1C[C@@]1(C)c1ccccc1)Cc1cc2cn[nH]c2cn1. The summed E-state index contributed by atoms with van der Waals surface area (Å²) in [5.41, 5.74) is 3.15. The van der Waals surface area contributed by atoms with Crippen molar-refractivity contribution in [2.75, 3.05) is 20.6 Å². The Bertz CT molecular complexity index is 967. The fourth-order valence-corrected chi connectivity index (χ4v) is 3.91. The van der Waals surface area contributed by atoms with E-state index in [0.717, 1.165) is 29.4 Å². The van der Waals surface area contributed by atoms with E-state index in [0.29, 0.717) is 6.54 Å². The maximum atomic E-state index is 12.8. The molecule has 1 saturated carbocycles. The normalized spacial score (nSPS) is 22.4. The smallest absolute Gasteiger partial charge is 0.224 e. The first kappa shape index (κ1) is 18.6. The van der Waals surface area contributed by atoms with E-state index in [2.05, 4.69) is 50.5 Å². The van der Waals surface area contributed by atoms with Crippen molar-refractivity contribution in [2.45, 2.75) is 31.2 Å². The summed E-state index contributed by atoms with van der Waals surface area (Å²) < 4.78 is 0. The number of aromatic amines is 1. The molecule has 28 heavy (non-hydrogen) atoms. The van der Waals surface area contributed by atoms with Crippen molar-refractivity contribution in [3.8, 4) is 0 Å². The van der Waals surface area contributed by atoms with Crippen molar-refractivity contribution < 1.29 is 4.79 Å². The molecule has 1 aliphatic carbocycles. The molecule has 0 bridgehead atoms. The highest BCUT2D eigenvalue weighted by Gasteiger charge is 2.55. The number of amides is 1. The fraction of sp³-hybridized carbons (Fsp3) is 0.409. The maximum absolute atomic E-state index is 12.8. The van der Waals surface area contributed by atoms with Gasteiger partial charge in [0.05, 0.1) is 17.9 Å². The van der Waals surface area contributed by atoms with Crippen molar-refractivity contribution in [1.82, 2.24) is 25.4 Å². The van der Waals surface area contributed by atoms with Gasteiger partial charge in [0.2, 0.25) is 5.91 Å². The topological polar surface area (TPSA) is 73.9 Å². The molecule has 0 spiro atoms. The molecule has 1 aromatic carbocycles. The van der Waals surface area contributed by atoms with E-state index < -0.39 is 0 Å². The number of rotatable bonds is 7. The van der Waals surface area contributed by atoms with Crippen LogP contribution in [-0.4, -0.2) is 52.7 Å². The van der Waals surface area contributed by atoms with Crippen molar-refractivity contribution in [3.63, 3.8) is 0 Å². The van der Waals surface area contributed by atoms with Gasteiger partial charge in [-0.25, -0.2) is 0 Å². The van der Waals surface area contributed by atoms with Gasteiger partial charge in [0.25, 0.3) is 0 Å². The third kappa shape index (κ3) is 3.64. The summed E-state index contributed by atoms with van der Waals surface area (Å²) >= 11 is 0. The predicted molar refractivity (Wildman–Crippen MR) is 110 cm³/mol. The van der Waals surface area contributed by atoms with Crippen molar-refractivity contribution in [2.24, 2.45) is 5.92 Å². The van der Waals surface area contributed by atoms with Crippen molar-refractivity contribution in [3.05, 3.63) is 60.0 Å². The molecule has 2 N–H and O–H groups in total. The Labute approximate surface area is 165 Å². The summed E-state index contributed by atoms with van der Waals surface area (Å²) in [6, 6.07) is 12.6. The number of benzene rings is 1. The second kappa shape index (κ2) is 7.36. The van der Waals surface area contributed by atoms with E-state index in [9.17, 15) is 4.79 Å². The highest BCUT2D eigenvalue weighted by atomic mass is 16.2. The summed E-state index contributed by atoms with van der Waals surface area (Å²) in [5.74, 6) is 0.203. The van der Waals surface area contributed by atoms with Crippen LogP contribution in [0.1, 0.15) is 24.6 Å². The van der Waals surface area contributed by atoms with Crippen LogP contribution in [0.15, 0.2) is 48.8 Å². The number of pyridine rings is 1. The summed E-state index contributed by atoms with van der Waals surface area (Å²) in [7, 11) is 4.08. The molecule has 1 amide bonds. The minimum atomic E-state index is -0.0349. The first-order valence-corrected chi connectivity index (χ1v) is 9.75. The lowest BCUT2D eigenvalue weighted by Gasteiger charge is -2.24. The highest BCUT2D eigenvalue weighted by Crippen LogP contribution is 2.53. The molecular weight excluding hydrogens is 350 g/mol. The van der Waals surface area contributed by atoms with Gasteiger partial charge in [-0.3, -0.25) is 14.9 Å². The van der Waals surface area contributed by atoms with Crippen molar-refractivity contribution >= 4 is 16.8 Å². The average molecular weight is 377 g/mol. The number of nitrogens with zero attached hydrogens (tertiary/aromatic N) is 3. The zero-order valence-corrected chi connectivity index (χ0v) is 16.6. The van der Waals surface area contributed by atoms with Crippen LogP contribution in [0.3, 0.4) is 0 Å². The third-order valence-electron chi connectivity index (χ3n) is 6.06. The standard InChI is InChI=1S/C22H27N5O/c1-22(16-7-5-4-6-8-16)11-19(22)21(28)24-13-18(27(2)3)10-17-9-15-12-25-26-20(15)14-23-17/h4-9,12,14,18-19H,10-11,13H2,1-3H3,(H,24,28)(H,25,26)/t18-,19-,22-/m0/s1. The monoisotopic (exact) mass is 377 g/mol. The molecule has 2 heterocycles. The molecule has 1 fully saturated rings. The molecule has 0 aliphatic heterocycles. The largest absolute Gasteiger partial charge is 0.354 e. The molecule has 6 nitrogen and oxygen atoms in total. The molecule has 0 unspecified atom stereocenters. The molecule has 6 heteroatoms. The molecule has 2 aromatic heterocycles. The van der Waals surface area contributed by atoms with E-state index in [4.69, 9.17) is 0 Å². The molecular formula is C22H27N5O. The molecule has 0 saturated heterocycles. The Morgan fingerprint density at radius 1 is 1.32 bits per heavy atom. The Morgan fingerprint density at radius 2 is 2.11 bits per heavy atom. The van der Waals surface area contributed by atoms with Crippen LogP contribution in [0.25, 0.3) is 10.9 Å². The number of aromatic nitrogens is 3. The van der Waals surface area contributed by atoms with E-state index >= 15 is 0 Å². The molecule has 3 atom stereocenters. The Balaban J connectivity index is 1.37. The predicted octanol–water partition coefficient (Wildman–Crippen LogP) is 2.52. The second-order valence-corrected chi connectivity index (χ2v) is 8.24. The number of hydrogen-bond acceptors (Lipinski definition) is 4. The maximum Gasteiger partial charge on any atom is 0.224 e. The van der Waals surface area contributed by atoms with E-state index in [1.54, 1.807) is 0 Å². The summed E-state index contributed by atoms with van der Waals surface area (Å²) in [4.78, 5) is 19.4. The number of carbonyl (C=O) groups excluding carboxylic acids is 1. The average Bonchev–Trinajstić information content (AvgIpc) is 3.19. The summed E-state index contributed by atoms with van der Waals surface area (Å²) in [6.07, 6.45) is 5.31. The quantitative estimate of drug-likeness (QED) is 0.664. The van der Waals surface area contributed by atoms with Gasteiger partial charge >= 0.3 is 0 Å². The first-order chi connectivity index (χ1) is 13.5.